The van der Waals surface area contributed by atoms with E-state index in [2.05, 4.69) is 10.3 Å². The fourth-order valence-corrected chi connectivity index (χ4v) is 2.89. The zero-order chi connectivity index (χ0) is 17.9. The van der Waals surface area contributed by atoms with Crippen LogP contribution in [0.5, 0.6) is 0 Å². The van der Waals surface area contributed by atoms with Gasteiger partial charge in [-0.25, -0.2) is 4.98 Å². The van der Waals surface area contributed by atoms with E-state index < -0.39 is 11.1 Å². The van der Waals surface area contributed by atoms with Crippen LogP contribution < -0.4 is 10.9 Å². The summed E-state index contributed by atoms with van der Waals surface area (Å²) in [4.78, 5) is 14.7. The van der Waals surface area contributed by atoms with Crippen molar-refractivity contribution in [3.63, 3.8) is 0 Å². The van der Waals surface area contributed by atoms with Crippen LogP contribution in [0.15, 0.2) is 59.7 Å². The van der Waals surface area contributed by atoms with E-state index in [4.69, 9.17) is 0 Å². The number of hydrogen-bond acceptors (Lipinski definition) is 4. The van der Waals surface area contributed by atoms with E-state index in [1.165, 1.54) is 6.07 Å². The van der Waals surface area contributed by atoms with E-state index in [-0.39, 0.29) is 10.7 Å². The van der Waals surface area contributed by atoms with Crippen LogP contribution in [0.3, 0.4) is 0 Å². The van der Waals surface area contributed by atoms with Crippen LogP contribution in [0.1, 0.15) is 16.0 Å². The largest absolute Gasteiger partial charge is 0.427 e. The fraction of sp³-hybridized carbons (Fsp3) is 0.176. The lowest BCUT2D eigenvalue weighted by Gasteiger charge is -2.07. The minimum absolute atomic E-state index is 0.0718. The lowest BCUT2D eigenvalue weighted by atomic mass is 10.1. The Balaban J connectivity index is 1.60. The molecule has 3 rings (SSSR count). The highest BCUT2D eigenvalue weighted by Gasteiger charge is 2.33. The topological polar surface area (TPSA) is 46.9 Å². The van der Waals surface area contributed by atoms with Crippen molar-refractivity contribution in [2.24, 2.45) is 0 Å². The Kier molecular flexibility index (Phi) is 4.89. The van der Waals surface area contributed by atoms with E-state index in [0.717, 1.165) is 17.3 Å². The van der Waals surface area contributed by atoms with Gasteiger partial charge in [0.05, 0.1) is 12.7 Å². The zero-order valence-corrected chi connectivity index (χ0v) is 13.8. The number of benzene rings is 1. The molecule has 0 aliphatic carbocycles. The molecule has 4 nitrogen and oxygen atoms in total. The summed E-state index contributed by atoms with van der Waals surface area (Å²) in [5, 5.41) is 3.11. The molecule has 25 heavy (non-hydrogen) atoms. The number of rotatable bonds is 5. The summed E-state index contributed by atoms with van der Waals surface area (Å²) in [5.74, 6) is 0. The summed E-state index contributed by atoms with van der Waals surface area (Å²) >= 11 is 0.580. The van der Waals surface area contributed by atoms with Gasteiger partial charge >= 0.3 is 6.18 Å². The molecule has 8 heteroatoms. The Morgan fingerprint density at radius 1 is 1.08 bits per heavy atom. The summed E-state index contributed by atoms with van der Waals surface area (Å²) in [6, 6.07) is 12.5. The predicted molar refractivity (Wildman–Crippen MR) is 90.7 cm³/mol. The van der Waals surface area contributed by atoms with Crippen molar-refractivity contribution in [1.29, 1.82) is 0 Å². The van der Waals surface area contributed by atoms with Gasteiger partial charge in [0.25, 0.3) is 5.56 Å². The van der Waals surface area contributed by atoms with Gasteiger partial charge in [-0.2, -0.15) is 13.2 Å². The highest BCUT2D eigenvalue weighted by Crippen LogP contribution is 2.35. The first kappa shape index (κ1) is 17.2. The molecule has 0 saturated carbocycles. The maximum absolute atomic E-state index is 12.5. The van der Waals surface area contributed by atoms with Crippen molar-refractivity contribution in [3.05, 3.63) is 81.2 Å². The van der Waals surface area contributed by atoms with Crippen molar-refractivity contribution in [2.45, 2.75) is 19.3 Å². The molecule has 0 fully saturated rings. The molecule has 0 saturated heterocycles. The second-order valence-corrected chi connectivity index (χ2v) is 6.39. The molecular weight excluding hydrogens is 351 g/mol. The number of nitrogens with one attached hydrogen (secondary N) is 1. The number of hydrogen-bond donors (Lipinski definition) is 1. The normalized spacial score (nSPS) is 11.5. The van der Waals surface area contributed by atoms with E-state index in [1.807, 2.05) is 24.3 Å². The molecule has 0 atom stereocenters. The first-order valence-electron chi connectivity index (χ1n) is 7.42. The van der Waals surface area contributed by atoms with E-state index in [0.29, 0.717) is 24.4 Å². The molecule has 1 aromatic carbocycles. The Morgan fingerprint density at radius 3 is 2.44 bits per heavy atom. The molecular formula is C17H14F3N3OS. The van der Waals surface area contributed by atoms with Crippen molar-refractivity contribution >= 4 is 16.5 Å². The summed E-state index contributed by atoms with van der Waals surface area (Å²) in [5.41, 5.74) is 1.80. The lowest BCUT2D eigenvalue weighted by Crippen LogP contribution is -2.18. The molecule has 0 radical (unpaired) electrons. The van der Waals surface area contributed by atoms with E-state index in [9.17, 15) is 18.0 Å². The molecule has 0 amide bonds. The number of nitrogens with zero attached hydrogens (tertiary/aromatic N) is 2. The van der Waals surface area contributed by atoms with Gasteiger partial charge < -0.3 is 9.88 Å². The molecule has 1 N–H and O–H groups in total. The Hall–Kier alpha value is -2.61. The molecule has 2 aromatic heterocycles. The molecule has 0 spiro atoms. The summed E-state index contributed by atoms with van der Waals surface area (Å²) in [6.45, 7) is 0.838. The zero-order valence-electron chi connectivity index (χ0n) is 13.0. The van der Waals surface area contributed by atoms with Crippen LogP contribution >= 0.6 is 11.3 Å². The number of thiazole rings is 1. The van der Waals surface area contributed by atoms with E-state index in [1.54, 1.807) is 22.9 Å². The summed E-state index contributed by atoms with van der Waals surface area (Å²) < 4.78 is 39.2. The maximum atomic E-state index is 12.5. The number of pyridine rings is 1. The van der Waals surface area contributed by atoms with Crippen LogP contribution in [0.2, 0.25) is 0 Å². The molecule has 0 bridgehead atoms. The first-order chi connectivity index (χ1) is 11.9. The Labute approximate surface area is 145 Å². The third-order valence-electron chi connectivity index (χ3n) is 3.50. The van der Waals surface area contributed by atoms with Crippen LogP contribution in [-0.4, -0.2) is 9.55 Å². The third kappa shape index (κ3) is 4.48. The van der Waals surface area contributed by atoms with Crippen molar-refractivity contribution in [3.8, 4) is 0 Å². The Bertz CT molecular complexity index is 900. The van der Waals surface area contributed by atoms with Crippen LogP contribution in [0.4, 0.5) is 18.3 Å². The van der Waals surface area contributed by atoms with Crippen molar-refractivity contribution in [2.75, 3.05) is 5.32 Å². The number of halogens is 3. The van der Waals surface area contributed by atoms with Gasteiger partial charge in [-0.1, -0.05) is 41.7 Å². The fourth-order valence-electron chi connectivity index (χ4n) is 2.22. The molecule has 130 valence electrons. The van der Waals surface area contributed by atoms with Gasteiger partial charge in [-0.15, -0.1) is 0 Å². The molecule has 2 heterocycles. The SMILES string of the molecule is O=c1ccccn1Cc1ccc(CNc2ncc(C(F)(F)F)s2)cc1. The van der Waals surface area contributed by atoms with Crippen LogP contribution in [0, 0.1) is 0 Å². The number of anilines is 1. The smallest absolute Gasteiger partial charge is 0.357 e. The van der Waals surface area contributed by atoms with Crippen molar-refractivity contribution in [1.82, 2.24) is 9.55 Å². The molecule has 3 aromatic rings. The maximum Gasteiger partial charge on any atom is 0.427 e. The molecule has 0 aliphatic heterocycles. The lowest BCUT2D eigenvalue weighted by molar-refractivity contribution is -0.134. The molecule has 0 aliphatic rings. The molecule has 0 unspecified atom stereocenters. The monoisotopic (exact) mass is 365 g/mol. The van der Waals surface area contributed by atoms with Gasteiger partial charge in [0.1, 0.15) is 4.88 Å². The average molecular weight is 365 g/mol. The van der Waals surface area contributed by atoms with Gasteiger partial charge in [0.2, 0.25) is 0 Å². The standard InChI is InChI=1S/C17H14F3N3OS/c18-17(19,20)14-10-22-16(25-14)21-9-12-4-6-13(7-5-12)11-23-8-2-1-3-15(23)24/h1-8,10H,9,11H2,(H,21,22). The van der Waals surface area contributed by atoms with Gasteiger partial charge in [0.15, 0.2) is 5.13 Å². The highest BCUT2D eigenvalue weighted by molar-refractivity contribution is 7.15. The van der Waals surface area contributed by atoms with Gasteiger partial charge in [0, 0.05) is 18.8 Å². The predicted octanol–water partition coefficient (Wildman–Crippen LogP) is 3.98. The average Bonchev–Trinajstić information content (AvgIpc) is 3.06. The highest BCUT2D eigenvalue weighted by atomic mass is 32.1. The third-order valence-corrected chi connectivity index (χ3v) is 4.50. The van der Waals surface area contributed by atoms with Gasteiger partial charge in [-0.05, 0) is 17.2 Å². The Morgan fingerprint density at radius 2 is 1.80 bits per heavy atom. The van der Waals surface area contributed by atoms with Crippen molar-refractivity contribution < 1.29 is 13.2 Å². The van der Waals surface area contributed by atoms with Crippen LogP contribution in [0.25, 0.3) is 0 Å². The number of alkyl halides is 3. The van der Waals surface area contributed by atoms with E-state index >= 15 is 0 Å². The van der Waals surface area contributed by atoms with Crippen LogP contribution in [-0.2, 0) is 19.3 Å². The summed E-state index contributed by atoms with van der Waals surface area (Å²) in [6.07, 6.45) is -1.82. The minimum Gasteiger partial charge on any atom is -0.357 e. The first-order valence-corrected chi connectivity index (χ1v) is 8.24. The quantitative estimate of drug-likeness (QED) is 0.744. The summed E-state index contributed by atoms with van der Waals surface area (Å²) in [7, 11) is 0. The second kappa shape index (κ2) is 7.10. The van der Waals surface area contributed by atoms with Gasteiger partial charge in [-0.3, -0.25) is 4.79 Å². The second-order valence-electron chi connectivity index (χ2n) is 5.36. The minimum atomic E-state index is -4.37. The number of aromatic nitrogens is 2.